The van der Waals surface area contributed by atoms with Gasteiger partial charge in [0.25, 0.3) is 0 Å². The maximum atomic E-state index is 12.4. The molecular weight excluding hydrogens is 491 g/mol. The normalized spacial score (nSPS) is 14.8. The second kappa shape index (κ2) is 11.6. The maximum absolute atomic E-state index is 12.4. The number of hydrogen-bond donors (Lipinski definition) is 2. The molecule has 28 heavy (non-hydrogen) atoms. The number of rotatable bonds is 8. The molecule has 2 N–H and O–H groups in total. The zero-order valence-electron chi connectivity index (χ0n) is 16.8. The van der Waals surface area contributed by atoms with E-state index in [4.69, 9.17) is 0 Å². The summed E-state index contributed by atoms with van der Waals surface area (Å²) < 4.78 is 22.5. The van der Waals surface area contributed by atoms with E-state index in [0.717, 1.165) is 0 Å². The van der Waals surface area contributed by atoms with Gasteiger partial charge in [-0.3, -0.25) is 9.79 Å². The van der Waals surface area contributed by atoms with Gasteiger partial charge in [-0.25, -0.2) is 8.42 Å². The van der Waals surface area contributed by atoms with E-state index in [1.807, 2.05) is 24.0 Å². The predicted molar refractivity (Wildman–Crippen MR) is 124 cm³/mol. The Kier molecular flexibility index (Phi) is 10.2. The molecule has 0 bridgehead atoms. The van der Waals surface area contributed by atoms with E-state index < -0.39 is 9.84 Å². The Balaban J connectivity index is 0.00000392. The zero-order chi connectivity index (χ0) is 19.9. The molecule has 1 aliphatic heterocycles. The number of aliphatic imine (C=N–C) groups is 1. The lowest BCUT2D eigenvalue weighted by Gasteiger charge is -2.18. The molecule has 0 saturated carbocycles. The average Bonchev–Trinajstić information content (AvgIpc) is 3.06. The van der Waals surface area contributed by atoms with Gasteiger partial charge in [-0.1, -0.05) is 24.3 Å². The Hall–Kier alpha value is -1.36. The molecule has 1 aromatic rings. The third-order valence-corrected chi connectivity index (χ3v) is 5.56. The highest BCUT2D eigenvalue weighted by Gasteiger charge is 2.22. The molecule has 0 aliphatic carbocycles. The van der Waals surface area contributed by atoms with Crippen LogP contribution >= 0.6 is 24.0 Å². The molecule has 2 rings (SSSR count). The molecule has 1 aliphatic rings. The number of sulfone groups is 1. The van der Waals surface area contributed by atoms with Gasteiger partial charge in [0.05, 0.1) is 5.75 Å². The SMILES string of the molecule is CN=C(NCCCC(=O)N1Cc2ccccc2C1)NC(C)CCS(C)(=O)=O.I. The standard InChI is InChI=1S/C19H30N4O3S.HI/c1-15(10-12-27(3,25)26)22-19(20-2)21-11-6-9-18(24)23-13-16-7-4-5-8-17(16)14-23;/h4-5,7-8,15H,6,9-14H2,1-3H3,(H2,20,21,22);1H. The van der Waals surface area contributed by atoms with Gasteiger partial charge < -0.3 is 15.5 Å². The van der Waals surface area contributed by atoms with Crippen molar-refractivity contribution in [3.63, 3.8) is 0 Å². The van der Waals surface area contributed by atoms with E-state index in [2.05, 4.69) is 27.8 Å². The van der Waals surface area contributed by atoms with Gasteiger partial charge in [-0.2, -0.15) is 0 Å². The van der Waals surface area contributed by atoms with Crippen LogP contribution in [0.3, 0.4) is 0 Å². The Morgan fingerprint density at radius 3 is 2.39 bits per heavy atom. The fourth-order valence-electron chi connectivity index (χ4n) is 3.01. The second-order valence-corrected chi connectivity index (χ2v) is 9.34. The zero-order valence-corrected chi connectivity index (χ0v) is 19.9. The van der Waals surface area contributed by atoms with Gasteiger partial charge in [0, 0.05) is 45.4 Å². The number of carbonyl (C=O) groups excluding carboxylic acids is 1. The number of halogens is 1. The summed E-state index contributed by atoms with van der Waals surface area (Å²) >= 11 is 0. The summed E-state index contributed by atoms with van der Waals surface area (Å²) in [6.45, 7) is 3.95. The van der Waals surface area contributed by atoms with Crippen LogP contribution in [-0.4, -0.2) is 56.8 Å². The first-order valence-electron chi connectivity index (χ1n) is 9.28. The van der Waals surface area contributed by atoms with Crippen molar-refractivity contribution in [3.05, 3.63) is 35.4 Å². The summed E-state index contributed by atoms with van der Waals surface area (Å²) in [5.41, 5.74) is 2.47. The highest BCUT2D eigenvalue weighted by atomic mass is 127. The third kappa shape index (κ3) is 8.34. The van der Waals surface area contributed by atoms with Crippen molar-refractivity contribution in [1.82, 2.24) is 15.5 Å². The highest BCUT2D eigenvalue weighted by molar-refractivity contribution is 14.0. The van der Waals surface area contributed by atoms with Crippen LogP contribution in [0.2, 0.25) is 0 Å². The number of benzene rings is 1. The number of guanidine groups is 1. The molecule has 0 aromatic heterocycles. The van der Waals surface area contributed by atoms with E-state index >= 15 is 0 Å². The lowest BCUT2D eigenvalue weighted by molar-refractivity contribution is -0.131. The van der Waals surface area contributed by atoms with Crippen molar-refractivity contribution >= 4 is 45.7 Å². The van der Waals surface area contributed by atoms with Crippen molar-refractivity contribution in [2.45, 2.75) is 45.3 Å². The maximum Gasteiger partial charge on any atom is 0.223 e. The molecule has 158 valence electrons. The molecule has 1 heterocycles. The summed E-state index contributed by atoms with van der Waals surface area (Å²) in [5.74, 6) is 0.930. The third-order valence-electron chi connectivity index (χ3n) is 4.58. The fourth-order valence-corrected chi connectivity index (χ4v) is 3.79. The van der Waals surface area contributed by atoms with Crippen LogP contribution in [0.25, 0.3) is 0 Å². The van der Waals surface area contributed by atoms with Gasteiger partial charge in [-0.05, 0) is 30.9 Å². The van der Waals surface area contributed by atoms with Crippen LogP contribution in [-0.2, 0) is 27.7 Å². The number of amides is 1. The van der Waals surface area contributed by atoms with Crippen LogP contribution in [0.15, 0.2) is 29.3 Å². The van der Waals surface area contributed by atoms with Crippen molar-refractivity contribution in [3.8, 4) is 0 Å². The van der Waals surface area contributed by atoms with Crippen LogP contribution in [0, 0.1) is 0 Å². The van der Waals surface area contributed by atoms with Crippen LogP contribution in [0.4, 0.5) is 0 Å². The largest absolute Gasteiger partial charge is 0.356 e. The quantitative estimate of drug-likeness (QED) is 0.236. The van der Waals surface area contributed by atoms with E-state index in [0.29, 0.717) is 44.9 Å². The summed E-state index contributed by atoms with van der Waals surface area (Å²) in [7, 11) is -1.29. The molecule has 7 nitrogen and oxygen atoms in total. The molecule has 0 radical (unpaired) electrons. The minimum Gasteiger partial charge on any atom is -0.356 e. The molecule has 0 saturated heterocycles. The molecule has 9 heteroatoms. The molecule has 0 fully saturated rings. The van der Waals surface area contributed by atoms with Crippen LogP contribution < -0.4 is 10.6 Å². The smallest absolute Gasteiger partial charge is 0.223 e. The van der Waals surface area contributed by atoms with Crippen LogP contribution in [0.5, 0.6) is 0 Å². The number of nitrogens with zero attached hydrogens (tertiary/aromatic N) is 2. The molecule has 1 unspecified atom stereocenters. The monoisotopic (exact) mass is 522 g/mol. The van der Waals surface area contributed by atoms with Crippen molar-refractivity contribution < 1.29 is 13.2 Å². The summed E-state index contributed by atoms with van der Waals surface area (Å²) in [6.07, 6.45) is 2.96. The van der Waals surface area contributed by atoms with Crippen LogP contribution in [0.1, 0.15) is 37.3 Å². The van der Waals surface area contributed by atoms with Gasteiger partial charge >= 0.3 is 0 Å². The summed E-state index contributed by atoms with van der Waals surface area (Å²) in [4.78, 5) is 18.4. The summed E-state index contributed by atoms with van der Waals surface area (Å²) in [5, 5.41) is 6.35. The topological polar surface area (TPSA) is 90.9 Å². The molecular formula is C19H31IN4O3S. The molecule has 1 atom stereocenters. The first-order valence-corrected chi connectivity index (χ1v) is 11.3. The molecule has 1 amide bonds. The van der Waals surface area contributed by atoms with Crippen molar-refractivity contribution in [1.29, 1.82) is 0 Å². The van der Waals surface area contributed by atoms with Crippen molar-refractivity contribution in [2.75, 3.05) is 25.6 Å². The minimum absolute atomic E-state index is 0. The number of carbonyl (C=O) groups is 1. The van der Waals surface area contributed by atoms with Crippen molar-refractivity contribution in [2.24, 2.45) is 4.99 Å². The predicted octanol–water partition coefficient (Wildman–Crippen LogP) is 1.92. The second-order valence-electron chi connectivity index (χ2n) is 7.08. The Labute approximate surface area is 185 Å². The Bertz CT molecular complexity index is 758. The van der Waals surface area contributed by atoms with E-state index in [9.17, 15) is 13.2 Å². The lowest BCUT2D eigenvalue weighted by Crippen LogP contribution is -2.43. The fraction of sp³-hybridized carbons (Fsp3) is 0.579. The van der Waals surface area contributed by atoms with Gasteiger partial charge in [0.1, 0.15) is 9.84 Å². The first-order chi connectivity index (χ1) is 12.8. The first kappa shape index (κ1) is 24.7. The lowest BCUT2D eigenvalue weighted by atomic mass is 10.1. The molecule has 0 spiro atoms. The van der Waals surface area contributed by atoms with Gasteiger partial charge in [0.15, 0.2) is 5.96 Å². The minimum atomic E-state index is -2.96. The number of hydrogen-bond acceptors (Lipinski definition) is 4. The highest BCUT2D eigenvalue weighted by Crippen LogP contribution is 2.22. The Morgan fingerprint density at radius 2 is 1.86 bits per heavy atom. The van der Waals surface area contributed by atoms with Gasteiger partial charge in [0.2, 0.25) is 5.91 Å². The van der Waals surface area contributed by atoms with E-state index in [1.54, 1.807) is 7.05 Å². The summed E-state index contributed by atoms with van der Waals surface area (Å²) in [6, 6.07) is 8.16. The number of nitrogens with one attached hydrogen (secondary N) is 2. The number of fused-ring (bicyclic) bond motifs is 1. The van der Waals surface area contributed by atoms with E-state index in [-0.39, 0.29) is 41.7 Å². The van der Waals surface area contributed by atoms with E-state index in [1.165, 1.54) is 17.4 Å². The molecule has 1 aromatic carbocycles. The Morgan fingerprint density at radius 1 is 1.25 bits per heavy atom. The average molecular weight is 522 g/mol. The van der Waals surface area contributed by atoms with Gasteiger partial charge in [-0.15, -0.1) is 24.0 Å².